The second-order valence-corrected chi connectivity index (χ2v) is 6.42. The van der Waals surface area contributed by atoms with Crippen molar-refractivity contribution in [3.63, 3.8) is 0 Å². The number of benzene rings is 1. The van der Waals surface area contributed by atoms with Crippen LogP contribution in [0, 0.1) is 5.41 Å². The molecule has 0 saturated heterocycles. The van der Waals surface area contributed by atoms with E-state index in [1.807, 2.05) is 13.8 Å². The van der Waals surface area contributed by atoms with Crippen molar-refractivity contribution in [2.45, 2.75) is 40.0 Å². The van der Waals surface area contributed by atoms with Crippen molar-refractivity contribution in [1.82, 2.24) is 0 Å². The van der Waals surface area contributed by atoms with Gasteiger partial charge in [-0.2, -0.15) is 0 Å². The molecule has 1 aliphatic heterocycles. The molecule has 1 aromatic rings. The van der Waals surface area contributed by atoms with Crippen molar-refractivity contribution in [2.24, 2.45) is 5.41 Å². The molecule has 0 saturated carbocycles. The summed E-state index contributed by atoms with van der Waals surface area (Å²) < 4.78 is 10.9. The summed E-state index contributed by atoms with van der Waals surface area (Å²) >= 11 is 6.21. The molecular formula is C15H19ClO4. The van der Waals surface area contributed by atoms with Gasteiger partial charge < -0.3 is 14.6 Å². The van der Waals surface area contributed by atoms with Gasteiger partial charge in [-0.15, -0.1) is 0 Å². The van der Waals surface area contributed by atoms with Gasteiger partial charge in [-0.1, -0.05) is 25.4 Å². The number of carboxylic acid groups (broad SMARTS) is 1. The molecule has 1 aromatic carbocycles. The summed E-state index contributed by atoms with van der Waals surface area (Å²) in [5.41, 5.74) is 1.03. The molecule has 0 radical (unpaired) electrons. The average Bonchev–Trinajstić information content (AvgIpc) is 2.76. The molecule has 0 spiro atoms. The van der Waals surface area contributed by atoms with Gasteiger partial charge in [0.25, 0.3) is 0 Å². The number of halogens is 1. The molecule has 2 rings (SSSR count). The minimum atomic E-state index is -0.860. The minimum Gasteiger partial charge on any atom is -0.481 e. The summed E-state index contributed by atoms with van der Waals surface area (Å²) in [6.45, 7) is 7.65. The number of carbonyl (C=O) groups is 1. The predicted octanol–water partition coefficient (Wildman–Crippen LogP) is 3.85. The Balaban J connectivity index is 2.53. The smallest absolute Gasteiger partial charge is 0.309 e. The largest absolute Gasteiger partial charge is 0.481 e. The molecular weight excluding hydrogens is 280 g/mol. The van der Waals surface area contributed by atoms with E-state index in [1.165, 1.54) is 0 Å². The van der Waals surface area contributed by atoms with Crippen LogP contribution >= 0.6 is 11.6 Å². The second kappa shape index (κ2) is 5.17. The van der Waals surface area contributed by atoms with Gasteiger partial charge in [-0.25, -0.2) is 0 Å². The van der Waals surface area contributed by atoms with Gasteiger partial charge in [-0.05, 0) is 37.8 Å². The Morgan fingerprint density at radius 1 is 1.40 bits per heavy atom. The number of ether oxygens (including phenoxy) is 2. The molecule has 110 valence electrons. The highest BCUT2D eigenvalue weighted by molar-refractivity contribution is 6.32. The van der Waals surface area contributed by atoms with E-state index in [4.69, 9.17) is 21.1 Å². The zero-order valence-electron chi connectivity index (χ0n) is 12.1. The van der Waals surface area contributed by atoms with Crippen molar-refractivity contribution in [3.8, 4) is 11.5 Å². The van der Waals surface area contributed by atoms with E-state index < -0.39 is 11.4 Å². The highest BCUT2D eigenvalue weighted by atomic mass is 35.5. The number of fused-ring (bicyclic) bond motifs is 1. The molecule has 20 heavy (non-hydrogen) atoms. The lowest BCUT2D eigenvalue weighted by Gasteiger charge is -2.23. The van der Waals surface area contributed by atoms with Gasteiger partial charge in [0.05, 0.1) is 10.4 Å². The molecule has 1 aliphatic rings. The van der Waals surface area contributed by atoms with Crippen molar-refractivity contribution < 1.29 is 19.4 Å². The van der Waals surface area contributed by atoms with Crippen LogP contribution in [0.1, 0.15) is 44.7 Å². The molecule has 0 unspecified atom stereocenters. The van der Waals surface area contributed by atoms with Crippen LogP contribution in [0.15, 0.2) is 6.07 Å². The average molecular weight is 299 g/mol. The number of hydrogen-bond acceptors (Lipinski definition) is 3. The third-order valence-corrected chi connectivity index (χ3v) is 3.79. The highest BCUT2D eigenvalue weighted by Crippen LogP contribution is 2.47. The zero-order chi connectivity index (χ0) is 15.1. The molecule has 0 atom stereocenters. The Morgan fingerprint density at radius 2 is 2.00 bits per heavy atom. The van der Waals surface area contributed by atoms with Crippen molar-refractivity contribution in [3.05, 3.63) is 22.2 Å². The van der Waals surface area contributed by atoms with Crippen molar-refractivity contribution in [2.75, 3.05) is 6.79 Å². The lowest BCUT2D eigenvalue weighted by atomic mass is 9.82. The Hall–Kier alpha value is -1.42. The summed E-state index contributed by atoms with van der Waals surface area (Å²) in [4.78, 5) is 11.3. The summed E-state index contributed by atoms with van der Waals surface area (Å²) in [5.74, 6) is 0.583. The fraction of sp³-hybridized carbons (Fsp3) is 0.533. The lowest BCUT2D eigenvalue weighted by molar-refractivity contribution is -0.146. The normalized spacial score (nSPS) is 13.9. The van der Waals surface area contributed by atoms with E-state index in [0.29, 0.717) is 22.9 Å². The van der Waals surface area contributed by atoms with Gasteiger partial charge in [0, 0.05) is 5.56 Å². The van der Waals surface area contributed by atoms with Crippen LogP contribution in [0.25, 0.3) is 0 Å². The molecule has 5 heteroatoms. The van der Waals surface area contributed by atoms with E-state index >= 15 is 0 Å². The summed E-state index contributed by atoms with van der Waals surface area (Å²) in [7, 11) is 0. The van der Waals surface area contributed by atoms with Gasteiger partial charge >= 0.3 is 5.97 Å². The van der Waals surface area contributed by atoms with Crippen LogP contribution in [0.4, 0.5) is 0 Å². The van der Waals surface area contributed by atoms with E-state index in [-0.39, 0.29) is 12.7 Å². The van der Waals surface area contributed by atoms with Crippen LogP contribution in [0.5, 0.6) is 11.5 Å². The molecule has 4 nitrogen and oxygen atoms in total. The fourth-order valence-corrected chi connectivity index (χ4v) is 2.70. The molecule has 0 bridgehead atoms. The predicted molar refractivity (Wildman–Crippen MR) is 76.8 cm³/mol. The van der Waals surface area contributed by atoms with Crippen LogP contribution in [0.3, 0.4) is 0 Å². The van der Waals surface area contributed by atoms with Gasteiger partial charge in [-0.3, -0.25) is 4.79 Å². The second-order valence-electron chi connectivity index (χ2n) is 6.02. The third-order valence-electron chi connectivity index (χ3n) is 3.51. The van der Waals surface area contributed by atoms with Crippen LogP contribution in [-0.4, -0.2) is 17.9 Å². The molecule has 0 aliphatic carbocycles. The van der Waals surface area contributed by atoms with Crippen molar-refractivity contribution >= 4 is 17.6 Å². The standard InChI is InChI=1S/C15H19ClO4/c1-8(2)11-9(6-15(3,4)14(17)18)5-10(16)12-13(11)20-7-19-12/h5,8H,6-7H2,1-4H3,(H,17,18). The van der Waals surface area contributed by atoms with Crippen molar-refractivity contribution in [1.29, 1.82) is 0 Å². The first-order valence-electron chi connectivity index (χ1n) is 6.58. The lowest BCUT2D eigenvalue weighted by Crippen LogP contribution is -2.26. The Bertz CT molecular complexity index is 549. The summed E-state index contributed by atoms with van der Waals surface area (Å²) in [6.07, 6.45) is 0.395. The number of rotatable bonds is 4. The monoisotopic (exact) mass is 298 g/mol. The summed E-state index contributed by atoms with van der Waals surface area (Å²) in [6, 6.07) is 1.80. The summed E-state index contributed by atoms with van der Waals surface area (Å²) in [5, 5.41) is 9.78. The first kappa shape index (κ1) is 15.0. The van der Waals surface area contributed by atoms with Gasteiger partial charge in [0.1, 0.15) is 0 Å². The van der Waals surface area contributed by atoms with Crippen LogP contribution in [0.2, 0.25) is 5.02 Å². The van der Waals surface area contributed by atoms with Gasteiger partial charge in [0.2, 0.25) is 6.79 Å². The fourth-order valence-electron chi connectivity index (χ4n) is 2.43. The van der Waals surface area contributed by atoms with E-state index in [1.54, 1.807) is 19.9 Å². The Kier molecular flexibility index (Phi) is 3.87. The quantitative estimate of drug-likeness (QED) is 0.917. The SMILES string of the molecule is CC(C)c1c(CC(C)(C)C(=O)O)cc(Cl)c2c1OCO2. The maximum Gasteiger partial charge on any atom is 0.309 e. The molecule has 0 amide bonds. The first-order valence-corrected chi connectivity index (χ1v) is 6.96. The van der Waals surface area contributed by atoms with E-state index in [9.17, 15) is 9.90 Å². The van der Waals surface area contributed by atoms with E-state index in [2.05, 4.69) is 0 Å². The number of hydrogen-bond donors (Lipinski definition) is 1. The highest BCUT2D eigenvalue weighted by Gasteiger charge is 2.32. The van der Waals surface area contributed by atoms with Crippen LogP contribution in [-0.2, 0) is 11.2 Å². The zero-order valence-corrected chi connectivity index (χ0v) is 12.9. The number of aliphatic carboxylic acids is 1. The number of carboxylic acids is 1. The maximum atomic E-state index is 11.3. The third kappa shape index (κ3) is 2.57. The van der Waals surface area contributed by atoms with Gasteiger partial charge in [0.15, 0.2) is 11.5 Å². The Labute approximate surface area is 123 Å². The first-order chi connectivity index (χ1) is 9.24. The van der Waals surface area contributed by atoms with E-state index in [0.717, 1.165) is 11.1 Å². The molecule has 1 heterocycles. The molecule has 0 aromatic heterocycles. The topological polar surface area (TPSA) is 55.8 Å². The minimum absolute atomic E-state index is 0.153. The Morgan fingerprint density at radius 3 is 2.55 bits per heavy atom. The molecule has 0 fully saturated rings. The maximum absolute atomic E-state index is 11.3. The molecule has 1 N–H and O–H groups in total. The van der Waals surface area contributed by atoms with Crippen LogP contribution < -0.4 is 9.47 Å².